The Morgan fingerprint density at radius 1 is 0.895 bits per heavy atom. The summed E-state index contributed by atoms with van der Waals surface area (Å²) >= 11 is 6.45. The number of ether oxygens (including phenoxy) is 3. The van der Waals surface area contributed by atoms with Crippen molar-refractivity contribution in [1.82, 2.24) is 0 Å². The summed E-state index contributed by atoms with van der Waals surface area (Å²) in [6.07, 6.45) is -6.13. The van der Waals surface area contributed by atoms with Crippen LogP contribution in [0.4, 0.5) is 4.39 Å². The van der Waals surface area contributed by atoms with Crippen LogP contribution in [0.2, 0.25) is 5.02 Å². The van der Waals surface area contributed by atoms with Crippen LogP contribution in [0.5, 0.6) is 5.75 Å². The fourth-order valence-electron chi connectivity index (χ4n) is 5.09. The van der Waals surface area contributed by atoms with E-state index >= 15 is 0 Å². The molecule has 1 saturated heterocycles. The first-order valence-electron chi connectivity index (χ1n) is 12.5. The fraction of sp³-hybridized carbons (Fsp3) is 0.379. The van der Waals surface area contributed by atoms with Gasteiger partial charge in [0.1, 0.15) is 54.8 Å². The number of halogens is 2. The Morgan fingerprint density at radius 2 is 1.66 bits per heavy atom. The Balaban J connectivity index is 1.25. The van der Waals surface area contributed by atoms with E-state index in [1.807, 2.05) is 31.2 Å². The van der Waals surface area contributed by atoms with Gasteiger partial charge in [-0.1, -0.05) is 41.9 Å². The standard InChI is InChI=1S/C29H30ClFO7/c1-15-22-12-19(31)5-8-21(22)25(37-15)14-36-20-6-2-16(3-7-20)10-18-11-17(4-9-23(18)30)29-28(35)27(34)26(33)24(13-32)38-29/h2-9,11-12,15,24-29,32-35H,10,13-14H2,1H3/t15?,24-,25?,26-,27+,28-,29+/m1/s1. The first-order chi connectivity index (χ1) is 18.2. The molecule has 1 fully saturated rings. The van der Waals surface area contributed by atoms with Crippen LogP contribution in [-0.2, 0) is 15.9 Å². The van der Waals surface area contributed by atoms with Crippen molar-refractivity contribution in [3.63, 3.8) is 0 Å². The summed E-state index contributed by atoms with van der Waals surface area (Å²) in [5.41, 5.74) is 4.11. The maximum absolute atomic E-state index is 13.6. The highest BCUT2D eigenvalue weighted by atomic mass is 35.5. The molecule has 2 unspecified atom stereocenters. The predicted octanol–water partition coefficient (Wildman–Crippen LogP) is 3.80. The van der Waals surface area contributed by atoms with E-state index in [0.717, 1.165) is 22.3 Å². The molecule has 0 radical (unpaired) electrons. The van der Waals surface area contributed by atoms with Crippen molar-refractivity contribution in [2.75, 3.05) is 13.2 Å². The zero-order valence-electron chi connectivity index (χ0n) is 20.7. The van der Waals surface area contributed by atoms with Crippen molar-refractivity contribution in [1.29, 1.82) is 0 Å². The lowest BCUT2D eigenvalue weighted by Gasteiger charge is -2.40. The lowest BCUT2D eigenvalue weighted by atomic mass is 9.90. The zero-order valence-corrected chi connectivity index (χ0v) is 21.5. The van der Waals surface area contributed by atoms with Gasteiger partial charge in [0.2, 0.25) is 0 Å². The van der Waals surface area contributed by atoms with E-state index in [4.69, 9.17) is 25.8 Å². The van der Waals surface area contributed by atoms with Crippen molar-refractivity contribution >= 4 is 11.6 Å². The van der Waals surface area contributed by atoms with Crippen LogP contribution in [0.1, 0.15) is 53.1 Å². The zero-order chi connectivity index (χ0) is 27.0. The molecule has 4 N–H and O–H groups in total. The first kappa shape index (κ1) is 27.0. The first-order valence-corrected chi connectivity index (χ1v) is 12.9. The largest absolute Gasteiger partial charge is 0.491 e. The average molecular weight is 545 g/mol. The molecule has 0 aromatic heterocycles. The molecule has 2 aliphatic rings. The summed E-state index contributed by atoms with van der Waals surface area (Å²) < 4.78 is 31.2. The molecule has 2 aliphatic heterocycles. The molecular weight excluding hydrogens is 515 g/mol. The predicted molar refractivity (Wildman–Crippen MR) is 138 cm³/mol. The second-order valence-electron chi connectivity index (χ2n) is 9.77. The lowest BCUT2D eigenvalue weighted by Crippen LogP contribution is -2.55. The number of aliphatic hydroxyl groups is 4. The molecule has 0 saturated carbocycles. The van der Waals surface area contributed by atoms with Gasteiger partial charge in [0.25, 0.3) is 0 Å². The van der Waals surface area contributed by atoms with Crippen LogP contribution in [0.25, 0.3) is 0 Å². The van der Waals surface area contributed by atoms with Gasteiger partial charge in [0.05, 0.1) is 12.7 Å². The third kappa shape index (κ3) is 5.44. The molecule has 202 valence electrons. The van der Waals surface area contributed by atoms with Crippen molar-refractivity contribution < 1.29 is 39.0 Å². The van der Waals surface area contributed by atoms with Crippen molar-refractivity contribution in [2.24, 2.45) is 0 Å². The normalized spacial score (nSPS) is 28.8. The van der Waals surface area contributed by atoms with Gasteiger partial charge in [0, 0.05) is 5.02 Å². The Labute approximate surface area is 225 Å². The number of rotatable bonds is 7. The molecular formula is C29H30ClFO7. The highest BCUT2D eigenvalue weighted by Gasteiger charge is 2.44. The minimum atomic E-state index is -1.45. The number of fused-ring (bicyclic) bond motifs is 1. The average Bonchev–Trinajstić information content (AvgIpc) is 3.23. The molecule has 0 aliphatic carbocycles. The van der Waals surface area contributed by atoms with Crippen LogP contribution in [0, 0.1) is 5.82 Å². The minimum absolute atomic E-state index is 0.194. The molecule has 3 aromatic rings. The van der Waals surface area contributed by atoms with E-state index < -0.39 is 37.1 Å². The maximum atomic E-state index is 13.6. The van der Waals surface area contributed by atoms with E-state index in [2.05, 4.69) is 0 Å². The second kappa shape index (κ2) is 11.3. The van der Waals surface area contributed by atoms with Crippen molar-refractivity contribution in [3.05, 3.63) is 99.3 Å². The van der Waals surface area contributed by atoms with Crippen LogP contribution < -0.4 is 4.74 Å². The van der Waals surface area contributed by atoms with Crippen LogP contribution in [-0.4, -0.2) is 58.1 Å². The molecule has 5 rings (SSSR count). The van der Waals surface area contributed by atoms with Gasteiger partial charge in [0.15, 0.2) is 0 Å². The highest BCUT2D eigenvalue weighted by Crippen LogP contribution is 2.39. The molecule has 7 atom stereocenters. The van der Waals surface area contributed by atoms with Crippen LogP contribution in [0.15, 0.2) is 60.7 Å². The summed E-state index contributed by atoms with van der Waals surface area (Å²) in [7, 11) is 0. The SMILES string of the molecule is CC1OC(COc2ccc(Cc3cc([C@@H]4O[C@H](CO)[C@@H](O)[C@H](O)[C@H]4O)ccc3Cl)cc2)c2ccc(F)cc21. The summed E-state index contributed by atoms with van der Waals surface area (Å²) in [6.45, 7) is 1.70. The molecule has 0 amide bonds. The molecule has 38 heavy (non-hydrogen) atoms. The van der Waals surface area contributed by atoms with E-state index in [-0.39, 0.29) is 18.0 Å². The summed E-state index contributed by atoms with van der Waals surface area (Å²) in [5, 5.41) is 40.7. The minimum Gasteiger partial charge on any atom is -0.491 e. The van der Waals surface area contributed by atoms with Gasteiger partial charge in [-0.2, -0.15) is 0 Å². The summed E-state index contributed by atoms with van der Waals surface area (Å²) in [5.74, 6) is 0.386. The fourth-order valence-corrected chi connectivity index (χ4v) is 5.28. The Morgan fingerprint density at radius 3 is 2.39 bits per heavy atom. The van der Waals surface area contributed by atoms with Gasteiger partial charge in [-0.05, 0) is 71.5 Å². The monoisotopic (exact) mass is 544 g/mol. The summed E-state index contributed by atoms with van der Waals surface area (Å²) in [6, 6.07) is 17.4. The van der Waals surface area contributed by atoms with E-state index in [0.29, 0.717) is 29.4 Å². The van der Waals surface area contributed by atoms with E-state index in [9.17, 15) is 24.8 Å². The lowest BCUT2D eigenvalue weighted by molar-refractivity contribution is -0.231. The Bertz CT molecular complexity index is 1270. The van der Waals surface area contributed by atoms with Crippen molar-refractivity contribution in [2.45, 2.75) is 56.1 Å². The third-order valence-corrected chi connectivity index (χ3v) is 7.58. The highest BCUT2D eigenvalue weighted by molar-refractivity contribution is 6.31. The topological polar surface area (TPSA) is 109 Å². The molecule has 7 nitrogen and oxygen atoms in total. The molecule has 0 bridgehead atoms. The summed E-state index contributed by atoms with van der Waals surface area (Å²) in [4.78, 5) is 0. The molecule has 9 heteroatoms. The quantitative estimate of drug-likeness (QED) is 0.358. The third-order valence-electron chi connectivity index (χ3n) is 7.21. The number of aliphatic hydroxyl groups excluding tert-OH is 4. The van der Waals surface area contributed by atoms with Crippen molar-refractivity contribution in [3.8, 4) is 5.75 Å². The van der Waals surface area contributed by atoms with Crippen LogP contribution in [0.3, 0.4) is 0 Å². The van der Waals surface area contributed by atoms with Gasteiger partial charge in [-0.3, -0.25) is 0 Å². The van der Waals surface area contributed by atoms with Gasteiger partial charge in [-0.15, -0.1) is 0 Å². The Hall–Kier alpha value is -2.56. The molecule has 3 aromatic carbocycles. The number of benzene rings is 3. The Kier molecular flexibility index (Phi) is 8.02. The van der Waals surface area contributed by atoms with Crippen LogP contribution >= 0.6 is 11.6 Å². The van der Waals surface area contributed by atoms with Gasteiger partial charge in [-0.25, -0.2) is 4.39 Å². The second-order valence-corrected chi connectivity index (χ2v) is 10.2. The number of hydrogen-bond donors (Lipinski definition) is 4. The molecule has 0 spiro atoms. The van der Waals surface area contributed by atoms with Gasteiger partial charge >= 0.3 is 0 Å². The van der Waals surface area contributed by atoms with Gasteiger partial charge < -0.3 is 34.6 Å². The smallest absolute Gasteiger partial charge is 0.123 e. The maximum Gasteiger partial charge on any atom is 0.123 e. The molecule has 2 heterocycles. The number of hydrogen-bond acceptors (Lipinski definition) is 7. The van der Waals surface area contributed by atoms with E-state index in [1.165, 1.54) is 12.1 Å². The van der Waals surface area contributed by atoms with E-state index in [1.54, 1.807) is 24.3 Å².